The van der Waals surface area contributed by atoms with Crippen LogP contribution in [0.3, 0.4) is 0 Å². The average Bonchev–Trinajstić information content (AvgIpc) is 2.82. The first-order valence-corrected chi connectivity index (χ1v) is 5.70. The molecular formula is C12H24. The monoisotopic (exact) mass is 168 g/mol. The summed E-state index contributed by atoms with van der Waals surface area (Å²) in [6, 6.07) is 0. The van der Waals surface area contributed by atoms with Crippen LogP contribution in [0.1, 0.15) is 53.4 Å². The van der Waals surface area contributed by atoms with Crippen LogP contribution in [-0.4, -0.2) is 0 Å². The third-order valence-electron chi connectivity index (χ3n) is 3.74. The topological polar surface area (TPSA) is 0 Å². The second-order valence-corrected chi connectivity index (χ2v) is 4.71. The van der Waals surface area contributed by atoms with Crippen molar-refractivity contribution < 1.29 is 0 Å². The van der Waals surface area contributed by atoms with E-state index in [1.165, 1.54) is 25.7 Å². The quantitative estimate of drug-likeness (QED) is 0.579. The van der Waals surface area contributed by atoms with E-state index >= 15 is 0 Å². The zero-order valence-corrected chi connectivity index (χ0v) is 9.14. The van der Waals surface area contributed by atoms with Crippen LogP contribution in [0.5, 0.6) is 0 Å². The van der Waals surface area contributed by atoms with Gasteiger partial charge in [-0.2, -0.15) is 0 Å². The SMILES string of the molecule is CCCC(C)C1CC1C(C)CC. The second-order valence-electron chi connectivity index (χ2n) is 4.71. The molecule has 0 aromatic heterocycles. The first kappa shape index (κ1) is 10.1. The summed E-state index contributed by atoms with van der Waals surface area (Å²) in [7, 11) is 0. The molecule has 0 bridgehead atoms. The number of hydrogen-bond donors (Lipinski definition) is 0. The molecule has 12 heavy (non-hydrogen) atoms. The molecule has 1 aliphatic rings. The van der Waals surface area contributed by atoms with E-state index in [1.54, 1.807) is 0 Å². The summed E-state index contributed by atoms with van der Waals surface area (Å²) >= 11 is 0. The molecular weight excluding hydrogens is 144 g/mol. The van der Waals surface area contributed by atoms with Crippen LogP contribution in [0.25, 0.3) is 0 Å². The van der Waals surface area contributed by atoms with Crippen molar-refractivity contribution >= 4 is 0 Å². The van der Waals surface area contributed by atoms with Gasteiger partial charge in [0.1, 0.15) is 0 Å². The van der Waals surface area contributed by atoms with Gasteiger partial charge in [0.15, 0.2) is 0 Å². The van der Waals surface area contributed by atoms with E-state index in [0.717, 1.165) is 23.7 Å². The van der Waals surface area contributed by atoms with Crippen molar-refractivity contribution in [3.05, 3.63) is 0 Å². The van der Waals surface area contributed by atoms with Gasteiger partial charge < -0.3 is 0 Å². The van der Waals surface area contributed by atoms with Crippen LogP contribution in [0.15, 0.2) is 0 Å². The Balaban J connectivity index is 2.22. The zero-order chi connectivity index (χ0) is 9.14. The Kier molecular flexibility index (Phi) is 3.61. The minimum absolute atomic E-state index is 0.981. The van der Waals surface area contributed by atoms with Crippen molar-refractivity contribution in [2.75, 3.05) is 0 Å². The van der Waals surface area contributed by atoms with Gasteiger partial charge in [-0.25, -0.2) is 0 Å². The fourth-order valence-electron chi connectivity index (χ4n) is 2.52. The molecule has 0 spiro atoms. The third kappa shape index (κ3) is 2.24. The van der Waals surface area contributed by atoms with Crippen LogP contribution in [0.4, 0.5) is 0 Å². The van der Waals surface area contributed by atoms with Gasteiger partial charge in [0.25, 0.3) is 0 Å². The summed E-state index contributed by atoms with van der Waals surface area (Å²) in [6.45, 7) is 9.49. The maximum atomic E-state index is 2.44. The minimum atomic E-state index is 0.981. The van der Waals surface area contributed by atoms with Gasteiger partial charge in [-0.15, -0.1) is 0 Å². The first-order valence-electron chi connectivity index (χ1n) is 5.70. The predicted octanol–water partition coefficient (Wildman–Crippen LogP) is 4.10. The molecule has 1 rings (SSSR count). The minimum Gasteiger partial charge on any atom is -0.0654 e. The predicted molar refractivity (Wildman–Crippen MR) is 55.1 cm³/mol. The molecule has 1 saturated carbocycles. The van der Waals surface area contributed by atoms with Gasteiger partial charge >= 0.3 is 0 Å². The Morgan fingerprint density at radius 2 is 1.67 bits per heavy atom. The van der Waals surface area contributed by atoms with E-state index in [0.29, 0.717) is 0 Å². The molecule has 0 heterocycles. The lowest BCUT2D eigenvalue weighted by Crippen LogP contribution is -2.03. The Morgan fingerprint density at radius 3 is 2.17 bits per heavy atom. The summed E-state index contributed by atoms with van der Waals surface area (Å²) in [4.78, 5) is 0. The standard InChI is InChI=1S/C12H24/c1-5-7-10(4)12-8-11(12)9(3)6-2/h9-12H,5-8H2,1-4H3. The lowest BCUT2D eigenvalue weighted by molar-refractivity contribution is 0.381. The molecule has 0 aromatic carbocycles. The van der Waals surface area contributed by atoms with Crippen LogP contribution in [0, 0.1) is 23.7 Å². The summed E-state index contributed by atoms with van der Waals surface area (Å²) in [6.07, 6.45) is 5.71. The summed E-state index contributed by atoms with van der Waals surface area (Å²) in [5.74, 6) is 4.14. The van der Waals surface area contributed by atoms with Crippen molar-refractivity contribution in [1.29, 1.82) is 0 Å². The molecule has 1 fully saturated rings. The molecule has 0 aliphatic heterocycles. The Labute approximate surface area is 77.7 Å². The maximum Gasteiger partial charge on any atom is -0.0355 e. The molecule has 1 aliphatic carbocycles. The number of hydrogen-bond acceptors (Lipinski definition) is 0. The largest absolute Gasteiger partial charge is 0.0654 e. The van der Waals surface area contributed by atoms with E-state index < -0.39 is 0 Å². The molecule has 0 amide bonds. The van der Waals surface area contributed by atoms with Crippen molar-refractivity contribution in [1.82, 2.24) is 0 Å². The van der Waals surface area contributed by atoms with Gasteiger partial charge in [-0.3, -0.25) is 0 Å². The molecule has 0 saturated heterocycles. The molecule has 0 radical (unpaired) electrons. The molecule has 0 N–H and O–H groups in total. The second kappa shape index (κ2) is 4.30. The van der Waals surface area contributed by atoms with Gasteiger partial charge in [0, 0.05) is 0 Å². The van der Waals surface area contributed by atoms with Crippen LogP contribution in [-0.2, 0) is 0 Å². The molecule has 4 atom stereocenters. The van der Waals surface area contributed by atoms with Gasteiger partial charge in [0.2, 0.25) is 0 Å². The third-order valence-corrected chi connectivity index (χ3v) is 3.74. The Bertz CT molecular complexity index is 128. The maximum absolute atomic E-state index is 2.44. The molecule has 0 aromatic rings. The van der Waals surface area contributed by atoms with Crippen molar-refractivity contribution in [2.24, 2.45) is 23.7 Å². The lowest BCUT2D eigenvalue weighted by atomic mass is 9.94. The van der Waals surface area contributed by atoms with Gasteiger partial charge in [0.05, 0.1) is 0 Å². The highest BCUT2D eigenvalue weighted by Gasteiger charge is 2.42. The highest BCUT2D eigenvalue weighted by molar-refractivity contribution is 4.91. The van der Waals surface area contributed by atoms with Gasteiger partial charge in [-0.05, 0) is 30.1 Å². The van der Waals surface area contributed by atoms with Crippen LogP contribution in [0.2, 0.25) is 0 Å². The Hall–Kier alpha value is 0. The Morgan fingerprint density at radius 1 is 1.08 bits per heavy atom. The van der Waals surface area contributed by atoms with E-state index in [1.807, 2.05) is 0 Å². The fraction of sp³-hybridized carbons (Fsp3) is 1.00. The number of rotatable bonds is 5. The summed E-state index contributed by atoms with van der Waals surface area (Å²) in [5, 5.41) is 0. The van der Waals surface area contributed by atoms with Crippen LogP contribution >= 0.6 is 0 Å². The van der Waals surface area contributed by atoms with Crippen molar-refractivity contribution in [3.8, 4) is 0 Å². The average molecular weight is 168 g/mol. The van der Waals surface area contributed by atoms with Crippen molar-refractivity contribution in [3.63, 3.8) is 0 Å². The smallest absolute Gasteiger partial charge is 0.0355 e. The normalized spacial score (nSPS) is 33.0. The highest BCUT2D eigenvalue weighted by atomic mass is 14.5. The first-order chi connectivity index (χ1) is 5.70. The van der Waals surface area contributed by atoms with Crippen LogP contribution < -0.4 is 0 Å². The lowest BCUT2D eigenvalue weighted by Gasteiger charge is -2.12. The molecule has 0 heteroatoms. The molecule has 0 nitrogen and oxygen atoms in total. The fourth-order valence-corrected chi connectivity index (χ4v) is 2.52. The molecule has 4 unspecified atom stereocenters. The van der Waals surface area contributed by atoms with E-state index in [-0.39, 0.29) is 0 Å². The van der Waals surface area contributed by atoms with Crippen molar-refractivity contribution in [2.45, 2.75) is 53.4 Å². The van der Waals surface area contributed by atoms with E-state index in [9.17, 15) is 0 Å². The zero-order valence-electron chi connectivity index (χ0n) is 9.14. The highest BCUT2D eigenvalue weighted by Crippen LogP contribution is 2.50. The summed E-state index contributed by atoms with van der Waals surface area (Å²) in [5.41, 5.74) is 0. The molecule has 72 valence electrons. The van der Waals surface area contributed by atoms with E-state index in [2.05, 4.69) is 27.7 Å². The van der Waals surface area contributed by atoms with E-state index in [4.69, 9.17) is 0 Å². The summed E-state index contributed by atoms with van der Waals surface area (Å²) < 4.78 is 0. The van der Waals surface area contributed by atoms with Gasteiger partial charge in [-0.1, -0.05) is 47.0 Å².